The number of hydrogen-bond donors (Lipinski definition) is 3. The number of hydrogen-bond acceptors (Lipinski definition) is 7. The maximum Gasteiger partial charge on any atom is 0.257 e. The molecule has 0 aliphatic carbocycles. The van der Waals surface area contributed by atoms with Gasteiger partial charge >= 0.3 is 0 Å². The Hall–Kier alpha value is -1.70. The van der Waals surface area contributed by atoms with Crippen LogP contribution in [-0.4, -0.2) is 57.5 Å². The molecule has 0 radical (unpaired) electrons. The Labute approximate surface area is 193 Å². The molecular weight excluding hydrogens is 434 g/mol. The molecule has 1 aromatic rings. The quantitative estimate of drug-likeness (QED) is 0.127. The molecule has 0 fully saturated rings. The molecule has 31 heavy (non-hydrogen) atoms. The number of rotatable bonds is 14. The Balaban J connectivity index is 2.47. The zero-order valence-corrected chi connectivity index (χ0v) is 20.3. The van der Waals surface area contributed by atoms with Crippen molar-refractivity contribution < 1.29 is 19.1 Å². The van der Waals surface area contributed by atoms with E-state index in [9.17, 15) is 9.59 Å². The molecule has 1 atom stereocenters. The van der Waals surface area contributed by atoms with Crippen LogP contribution in [0, 0.1) is 17.9 Å². The first-order valence-corrected chi connectivity index (χ1v) is 12.7. The van der Waals surface area contributed by atoms with Crippen molar-refractivity contribution in [1.29, 1.82) is 0 Å². The standard InChI is InChI=1S/C22H33N3O4S2/c1-5-30-31-22(29-15-14-28-16-20(26)24-11-10-17(2)3)19-8-6-18(7-9-19)21(27)25-13-12-23-4/h6-9,17,22-23H,5,12-16H2,1-4H3,(H,24,26)(H,25,27). The number of ether oxygens (including phenoxy) is 2. The van der Waals surface area contributed by atoms with E-state index in [0.717, 1.165) is 17.9 Å². The van der Waals surface area contributed by atoms with Gasteiger partial charge in [0.15, 0.2) is 0 Å². The molecule has 3 N–H and O–H groups in total. The van der Waals surface area contributed by atoms with Gasteiger partial charge in [-0.1, -0.05) is 60.4 Å². The SMILES string of the molecule is CCSSC(OCCOCC(=O)NC#CC(C)C)c1ccc(C(=O)NCCNC)cc1. The maximum absolute atomic E-state index is 12.1. The number of likely N-dealkylation sites (N-methyl/N-ethyl adjacent to an activating group) is 1. The van der Waals surface area contributed by atoms with Crippen LogP contribution in [0.2, 0.25) is 0 Å². The van der Waals surface area contributed by atoms with Gasteiger partial charge in [0.1, 0.15) is 12.0 Å². The van der Waals surface area contributed by atoms with Gasteiger partial charge in [-0.2, -0.15) is 0 Å². The first-order valence-electron chi connectivity index (χ1n) is 10.3. The highest BCUT2D eigenvalue weighted by molar-refractivity contribution is 8.76. The molecule has 0 bridgehead atoms. The van der Waals surface area contributed by atoms with Gasteiger partial charge in [0.25, 0.3) is 11.8 Å². The molecule has 7 nitrogen and oxygen atoms in total. The first-order chi connectivity index (χ1) is 15.0. The summed E-state index contributed by atoms with van der Waals surface area (Å²) in [6.07, 6.45) is 0. The minimum Gasteiger partial charge on any atom is -0.369 e. The summed E-state index contributed by atoms with van der Waals surface area (Å²) in [7, 11) is 5.16. The van der Waals surface area contributed by atoms with Crippen LogP contribution in [0.1, 0.15) is 42.1 Å². The molecule has 0 aromatic heterocycles. The van der Waals surface area contributed by atoms with Gasteiger partial charge < -0.3 is 20.1 Å². The minimum absolute atomic E-state index is 0.0605. The number of nitrogens with one attached hydrogen (secondary N) is 3. The lowest BCUT2D eigenvalue weighted by Crippen LogP contribution is -2.30. The molecule has 2 amide bonds. The lowest BCUT2D eigenvalue weighted by Gasteiger charge is -2.17. The van der Waals surface area contributed by atoms with Crippen molar-refractivity contribution in [2.45, 2.75) is 26.2 Å². The summed E-state index contributed by atoms with van der Waals surface area (Å²) in [4.78, 5) is 23.8. The summed E-state index contributed by atoms with van der Waals surface area (Å²) in [5.41, 5.74) is 1.39. The lowest BCUT2D eigenvalue weighted by molar-refractivity contribution is -0.125. The fourth-order valence-corrected chi connectivity index (χ4v) is 4.13. The van der Waals surface area contributed by atoms with Crippen molar-refractivity contribution in [3.63, 3.8) is 0 Å². The van der Waals surface area contributed by atoms with E-state index in [1.54, 1.807) is 33.7 Å². The smallest absolute Gasteiger partial charge is 0.257 e. The molecule has 172 valence electrons. The molecule has 0 aliphatic heterocycles. The second kappa shape index (κ2) is 16.9. The van der Waals surface area contributed by atoms with E-state index in [0.29, 0.717) is 25.3 Å². The topological polar surface area (TPSA) is 88.7 Å². The Morgan fingerprint density at radius 1 is 1.13 bits per heavy atom. The van der Waals surface area contributed by atoms with E-state index >= 15 is 0 Å². The van der Waals surface area contributed by atoms with Crippen LogP contribution in [0.5, 0.6) is 0 Å². The van der Waals surface area contributed by atoms with E-state index in [-0.39, 0.29) is 29.8 Å². The third-order valence-corrected chi connectivity index (χ3v) is 6.27. The molecule has 1 aromatic carbocycles. The molecule has 0 aliphatic rings. The van der Waals surface area contributed by atoms with Gasteiger partial charge in [-0.05, 0) is 24.7 Å². The molecule has 0 spiro atoms. The monoisotopic (exact) mass is 467 g/mol. The third-order valence-electron chi connectivity index (χ3n) is 3.67. The van der Waals surface area contributed by atoms with Gasteiger partial charge in [-0.15, -0.1) is 0 Å². The zero-order chi connectivity index (χ0) is 22.9. The number of benzene rings is 1. The molecule has 0 saturated heterocycles. The average molecular weight is 468 g/mol. The van der Waals surface area contributed by atoms with Crippen molar-refractivity contribution in [2.75, 3.05) is 45.7 Å². The van der Waals surface area contributed by atoms with Gasteiger partial charge in [0.2, 0.25) is 0 Å². The number of carbonyl (C=O) groups is 2. The summed E-state index contributed by atoms with van der Waals surface area (Å²) in [5, 5.41) is 8.34. The average Bonchev–Trinajstić information content (AvgIpc) is 2.75. The summed E-state index contributed by atoms with van der Waals surface area (Å²) in [5.74, 6) is 3.64. The molecule has 0 heterocycles. The Morgan fingerprint density at radius 2 is 1.87 bits per heavy atom. The molecular formula is C22H33N3O4S2. The zero-order valence-electron chi connectivity index (χ0n) is 18.7. The summed E-state index contributed by atoms with van der Waals surface area (Å²) in [6, 6.07) is 10.0. The van der Waals surface area contributed by atoms with Crippen LogP contribution in [0.4, 0.5) is 0 Å². The second-order valence-corrected chi connectivity index (χ2v) is 9.43. The summed E-state index contributed by atoms with van der Waals surface area (Å²) < 4.78 is 11.3. The van der Waals surface area contributed by atoms with Gasteiger partial charge in [-0.3, -0.25) is 14.9 Å². The molecule has 0 saturated carbocycles. The van der Waals surface area contributed by atoms with Crippen LogP contribution in [0.15, 0.2) is 24.3 Å². The van der Waals surface area contributed by atoms with Crippen molar-refractivity contribution in [3.05, 3.63) is 35.4 Å². The van der Waals surface area contributed by atoms with Crippen molar-refractivity contribution in [2.24, 2.45) is 5.92 Å². The predicted molar refractivity (Wildman–Crippen MR) is 129 cm³/mol. The van der Waals surface area contributed by atoms with E-state index in [1.807, 2.05) is 33.0 Å². The minimum atomic E-state index is -0.274. The number of carbonyl (C=O) groups excluding carboxylic acids is 2. The van der Waals surface area contributed by atoms with Gasteiger partial charge in [-0.25, -0.2) is 0 Å². The van der Waals surface area contributed by atoms with E-state index in [1.165, 1.54) is 0 Å². The van der Waals surface area contributed by atoms with E-state index in [2.05, 4.69) is 34.8 Å². The number of amides is 2. The predicted octanol–water partition coefficient (Wildman–Crippen LogP) is 2.80. The largest absolute Gasteiger partial charge is 0.369 e. The molecule has 9 heteroatoms. The van der Waals surface area contributed by atoms with Crippen molar-refractivity contribution in [1.82, 2.24) is 16.0 Å². The highest BCUT2D eigenvalue weighted by Gasteiger charge is 2.14. The van der Waals surface area contributed by atoms with Gasteiger partial charge in [0.05, 0.1) is 13.2 Å². The van der Waals surface area contributed by atoms with Crippen LogP contribution in [0.3, 0.4) is 0 Å². The highest BCUT2D eigenvalue weighted by atomic mass is 33.1. The normalized spacial score (nSPS) is 11.5. The Kier molecular flexibility index (Phi) is 14.9. The van der Waals surface area contributed by atoms with Crippen molar-refractivity contribution in [3.8, 4) is 12.0 Å². The molecule has 1 unspecified atom stereocenters. The fraction of sp³-hybridized carbons (Fsp3) is 0.545. The molecule has 1 rings (SSSR count). The van der Waals surface area contributed by atoms with E-state index in [4.69, 9.17) is 9.47 Å². The van der Waals surface area contributed by atoms with Crippen LogP contribution in [0.25, 0.3) is 0 Å². The lowest BCUT2D eigenvalue weighted by atomic mass is 10.1. The summed E-state index contributed by atoms with van der Waals surface area (Å²) in [6.45, 7) is 7.86. The fourth-order valence-electron chi connectivity index (χ4n) is 2.17. The maximum atomic E-state index is 12.1. The van der Waals surface area contributed by atoms with Crippen molar-refractivity contribution >= 4 is 33.4 Å². The first kappa shape index (κ1) is 27.3. The van der Waals surface area contributed by atoms with Crippen LogP contribution in [-0.2, 0) is 14.3 Å². The van der Waals surface area contributed by atoms with E-state index < -0.39 is 0 Å². The van der Waals surface area contributed by atoms with Gasteiger partial charge in [0, 0.05) is 36.4 Å². The Bertz CT molecular complexity index is 718. The van der Waals surface area contributed by atoms with Crippen LogP contribution < -0.4 is 16.0 Å². The summed E-state index contributed by atoms with van der Waals surface area (Å²) >= 11 is 0. The highest BCUT2D eigenvalue weighted by Crippen LogP contribution is 2.38. The second-order valence-electron chi connectivity index (χ2n) is 6.71. The van der Waals surface area contributed by atoms with Crippen LogP contribution >= 0.6 is 21.6 Å². The third kappa shape index (κ3) is 12.7. The Morgan fingerprint density at radius 3 is 2.52 bits per heavy atom.